The Labute approximate surface area is 174 Å². The van der Waals surface area contributed by atoms with E-state index >= 15 is 0 Å². The number of phosphoric acid groups is 1. The van der Waals surface area contributed by atoms with Crippen LogP contribution in [-0.2, 0) is 28.2 Å². The third-order valence-corrected chi connectivity index (χ3v) is 4.92. The van der Waals surface area contributed by atoms with E-state index in [1.54, 1.807) is 6.92 Å². The summed E-state index contributed by atoms with van der Waals surface area (Å²) in [6.07, 6.45) is 12.2. The lowest BCUT2D eigenvalue weighted by atomic mass is 10.1. The van der Waals surface area contributed by atoms with Gasteiger partial charge in [-0.05, 0) is 6.42 Å². The maximum absolute atomic E-state index is 11.9. The molecule has 0 aromatic rings. The number of ether oxygens (including phenoxy) is 2. The molecule has 8 nitrogen and oxygen atoms in total. The summed E-state index contributed by atoms with van der Waals surface area (Å²) in [5.41, 5.74) is 0. The van der Waals surface area contributed by atoms with Crippen LogP contribution in [0.25, 0.3) is 0 Å². The van der Waals surface area contributed by atoms with E-state index in [0.717, 1.165) is 19.3 Å². The molecule has 0 aliphatic rings. The summed E-state index contributed by atoms with van der Waals surface area (Å²) in [6.45, 7) is 3.00. The summed E-state index contributed by atoms with van der Waals surface area (Å²) in [7, 11) is -4.70. The fraction of sp³-hybridized carbons (Fsp3) is 0.900. The largest absolute Gasteiger partial charge is 0.469 e. The van der Waals surface area contributed by atoms with Crippen LogP contribution in [0.4, 0.5) is 0 Å². The predicted octanol–water partition coefficient (Wildman–Crippen LogP) is 4.66. The first-order valence-corrected chi connectivity index (χ1v) is 12.4. The van der Waals surface area contributed by atoms with E-state index in [1.165, 1.54) is 44.9 Å². The highest BCUT2D eigenvalue weighted by atomic mass is 31.2. The first-order chi connectivity index (χ1) is 13.8. The minimum absolute atomic E-state index is 0.152. The minimum atomic E-state index is -4.70. The zero-order valence-electron chi connectivity index (χ0n) is 18.0. The van der Waals surface area contributed by atoms with Gasteiger partial charge in [0.25, 0.3) is 0 Å². The van der Waals surface area contributed by atoms with E-state index in [-0.39, 0.29) is 19.4 Å². The van der Waals surface area contributed by atoms with Gasteiger partial charge in [0.1, 0.15) is 6.61 Å². The van der Waals surface area contributed by atoms with Crippen molar-refractivity contribution in [3.05, 3.63) is 0 Å². The summed E-state index contributed by atoms with van der Waals surface area (Å²) in [5, 5.41) is 0. The second kappa shape index (κ2) is 17.9. The van der Waals surface area contributed by atoms with Gasteiger partial charge in [-0.2, -0.15) is 0 Å². The SMILES string of the molecule is CCCCCCCCCCCCCC(=O)OC(COC(=O)CC)COP(=O)(O)O. The maximum Gasteiger partial charge on any atom is 0.469 e. The zero-order chi connectivity index (χ0) is 22.0. The molecule has 0 bridgehead atoms. The van der Waals surface area contributed by atoms with Gasteiger partial charge in [0.15, 0.2) is 6.10 Å². The third-order valence-electron chi connectivity index (χ3n) is 4.43. The smallest absolute Gasteiger partial charge is 0.462 e. The van der Waals surface area contributed by atoms with E-state index in [0.29, 0.717) is 6.42 Å². The lowest BCUT2D eigenvalue weighted by Gasteiger charge is -2.18. The monoisotopic (exact) mass is 438 g/mol. The number of carbonyl (C=O) groups is 2. The number of esters is 2. The summed E-state index contributed by atoms with van der Waals surface area (Å²) in [6, 6.07) is 0. The van der Waals surface area contributed by atoms with Crippen molar-refractivity contribution in [3.8, 4) is 0 Å². The molecule has 0 aromatic heterocycles. The molecule has 2 N–H and O–H groups in total. The average molecular weight is 438 g/mol. The van der Waals surface area contributed by atoms with Crippen LogP contribution < -0.4 is 0 Å². The molecule has 0 saturated carbocycles. The Kier molecular flexibility index (Phi) is 17.3. The molecule has 0 aliphatic carbocycles. The third kappa shape index (κ3) is 20.1. The highest BCUT2D eigenvalue weighted by Gasteiger charge is 2.22. The minimum Gasteiger partial charge on any atom is -0.462 e. The van der Waals surface area contributed by atoms with Crippen molar-refractivity contribution in [2.75, 3.05) is 13.2 Å². The Hall–Kier alpha value is -0.950. The zero-order valence-corrected chi connectivity index (χ0v) is 18.9. The van der Waals surface area contributed by atoms with Crippen LogP contribution >= 0.6 is 7.82 Å². The van der Waals surface area contributed by atoms with E-state index in [4.69, 9.17) is 19.3 Å². The molecule has 0 rings (SSSR count). The van der Waals surface area contributed by atoms with Crippen molar-refractivity contribution in [2.24, 2.45) is 0 Å². The van der Waals surface area contributed by atoms with Crippen LogP contribution in [-0.4, -0.2) is 41.0 Å². The van der Waals surface area contributed by atoms with E-state index in [1.807, 2.05) is 0 Å². The van der Waals surface area contributed by atoms with Crippen molar-refractivity contribution in [1.82, 2.24) is 0 Å². The highest BCUT2D eigenvalue weighted by molar-refractivity contribution is 7.46. The Morgan fingerprint density at radius 1 is 0.793 bits per heavy atom. The lowest BCUT2D eigenvalue weighted by molar-refractivity contribution is -0.161. The lowest BCUT2D eigenvalue weighted by Crippen LogP contribution is -2.29. The average Bonchev–Trinajstić information content (AvgIpc) is 2.67. The van der Waals surface area contributed by atoms with E-state index in [9.17, 15) is 14.2 Å². The normalized spacial score (nSPS) is 12.6. The van der Waals surface area contributed by atoms with Gasteiger partial charge in [-0.15, -0.1) is 0 Å². The van der Waals surface area contributed by atoms with E-state index in [2.05, 4.69) is 11.4 Å². The molecule has 172 valence electrons. The van der Waals surface area contributed by atoms with Gasteiger partial charge in [0.05, 0.1) is 6.61 Å². The number of phosphoric ester groups is 1. The summed E-state index contributed by atoms with van der Waals surface area (Å²) >= 11 is 0. The quantitative estimate of drug-likeness (QED) is 0.170. The Morgan fingerprint density at radius 3 is 1.79 bits per heavy atom. The molecular weight excluding hydrogens is 399 g/mol. The molecule has 9 heteroatoms. The second-order valence-electron chi connectivity index (χ2n) is 7.22. The van der Waals surface area contributed by atoms with E-state index < -0.39 is 32.5 Å². The topological polar surface area (TPSA) is 119 Å². The first kappa shape index (κ1) is 28.1. The van der Waals surface area contributed by atoms with Crippen LogP contribution in [0, 0.1) is 0 Å². The molecule has 1 atom stereocenters. The van der Waals surface area contributed by atoms with Crippen molar-refractivity contribution in [3.63, 3.8) is 0 Å². The van der Waals surface area contributed by atoms with Gasteiger partial charge in [-0.25, -0.2) is 4.57 Å². The van der Waals surface area contributed by atoms with Gasteiger partial charge in [0, 0.05) is 12.8 Å². The van der Waals surface area contributed by atoms with Gasteiger partial charge in [-0.3, -0.25) is 14.1 Å². The molecular formula is C20H39O8P. The van der Waals surface area contributed by atoms with Crippen molar-refractivity contribution >= 4 is 19.8 Å². The Morgan fingerprint density at radius 2 is 1.31 bits per heavy atom. The van der Waals surface area contributed by atoms with Crippen molar-refractivity contribution in [1.29, 1.82) is 0 Å². The van der Waals surface area contributed by atoms with Gasteiger partial charge >= 0.3 is 19.8 Å². The standard InChI is InChI=1S/C20H39O8P/c1-3-5-6-7-8-9-10-11-12-13-14-15-20(22)28-18(16-26-19(21)4-2)17-27-29(23,24)25/h18H,3-17H2,1-2H3,(H2,23,24,25). The molecule has 0 aliphatic heterocycles. The Bertz CT molecular complexity index is 477. The molecule has 0 saturated heterocycles. The van der Waals surface area contributed by atoms with Crippen LogP contribution in [0.5, 0.6) is 0 Å². The number of rotatable bonds is 19. The Balaban J connectivity index is 3.91. The molecule has 0 radical (unpaired) electrons. The molecule has 0 fully saturated rings. The molecule has 1 unspecified atom stereocenters. The number of hydrogen-bond donors (Lipinski definition) is 2. The fourth-order valence-electron chi connectivity index (χ4n) is 2.76. The van der Waals surface area contributed by atoms with Gasteiger partial charge in [0.2, 0.25) is 0 Å². The van der Waals surface area contributed by atoms with Crippen LogP contribution in [0.1, 0.15) is 97.3 Å². The van der Waals surface area contributed by atoms with Crippen LogP contribution in [0.15, 0.2) is 0 Å². The maximum atomic E-state index is 11.9. The number of hydrogen-bond acceptors (Lipinski definition) is 6. The highest BCUT2D eigenvalue weighted by Crippen LogP contribution is 2.35. The van der Waals surface area contributed by atoms with Crippen LogP contribution in [0.3, 0.4) is 0 Å². The first-order valence-electron chi connectivity index (χ1n) is 10.8. The van der Waals surface area contributed by atoms with Crippen molar-refractivity contribution < 1.29 is 37.9 Å². The second-order valence-corrected chi connectivity index (χ2v) is 8.46. The molecule has 29 heavy (non-hydrogen) atoms. The number of unbranched alkanes of at least 4 members (excludes halogenated alkanes) is 10. The summed E-state index contributed by atoms with van der Waals surface area (Å²) < 4.78 is 25.2. The number of carbonyl (C=O) groups excluding carboxylic acids is 2. The summed E-state index contributed by atoms with van der Waals surface area (Å²) in [4.78, 5) is 40.7. The van der Waals surface area contributed by atoms with Gasteiger partial charge in [-0.1, -0.05) is 78.1 Å². The molecule has 0 spiro atoms. The van der Waals surface area contributed by atoms with Crippen molar-refractivity contribution in [2.45, 2.75) is 103 Å². The molecule has 0 aromatic carbocycles. The summed E-state index contributed by atoms with van der Waals surface area (Å²) in [5.74, 6) is -0.986. The fourth-order valence-corrected chi connectivity index (χ4v) is 3.12. The van der Waals surface area contributed by atoms with Crippen LogP contribution in [0.2, 0.25) is 0 Å². The molecule has 0 heterocycles. The van der Waals surface area contributed by atoms with Gasteiger partial charge < -0.3 is 19.3 Å². The predicted molar refractivity (Wildman–Crippen MR) is 110 cm³/mol. The molecule has 0 amide bonds.